The van der Waals surface area contributed by atoms with Crippen molar-refractivity contribution in [3.8, 4) is 0 Å². The van der Waals surface area contributed by atoms with Gasteiger partial charge in [-0.25, -0.2) is 0 Å². The van der Waals surface area contributed by atoms with Gasteiger partial charge >= 0.3 is 0 Å². The first-order chi connectivity index (χ1) is 57.8. The van der Waals surface area contributed by atoms with Gasteiger partial charge in [-0.2, -0.15) is 70.6 Å². The van der Waals surface area contributed by atoms with E-state index in [1.807, 2.05) is 0 Å². The van der Waals surface area contributed by atoms with E-state index in [0.717, 1.165) is 245 Å². The molecule has 0 spiro atoms. The molecule has 0 nitrogen and oxygen atoms in total. The number of fused-ring (bicyclic) bond motifs is 18. The predicted molar refractivity (Wildman–Crippen MR) is 564 cm³/mol. The zero-order chi connectivity index (χ0) is 89.9. The molecular weight excluding hydrogens is 1590 g/mol. The van der Waals surface area contributed by atoms with E-state index >= 15 is 0 Å². The molecule has 14 aliphatic carbocycles. The van der Waals surface area contributed by atoms with Gasteiger partial charge in [0.1, 0.15) is 0 Å². The van der Waals surface area contributed by atoms with Crippen LogP contribution >= 0.6 is 70.6 Å². The maximum atomic E-state index is 2.55. The van der Waals surface area contributed by atoms with Gasteiger partial charge < -0.3 is 0 Å². The summed E-state index contributed by atoms with van der Waals surface area (Å²) in [6.45, 7) is 83.6. The third-order valence-electron chi connectivity index (χ3n) is 41.1. The third kappa shape index (κ3) is 23.5. The van der Waals surface area contributed by atoms with Crippen molar-refractivity contribution >= 4 is 70.6 Å². The second kappa shape index (κ2) is 48.7. The fourth-order valence-corrected chi connectivity index (χ4v) is 44.3. The van der Waals surface area contributed by atoms with Crippen LogP contribution in [-0.2, 0) is 0 Å². The van der Waals surface area contributed by atoms with Gasteiger partial charge in [0, 0.05) is 31.5 Å². The topological polar surface area (TPSA) is 0 Å². The molecule has 716 valence electrons. The van der Waals surface area contributed by atoms with Gasteiger partial charge in [-0.3, -0.25) is 0 Å². The highest BCUT2D eigenvalue weighted by atomic mass is 32.2. The molecule has 0 amide bonds. The Balaban J connectivity index is 0.000000166. The van der Waals surface area contributed by atoms with Crippen LogP contribution < -0.4 is 0 Å². The molecule has 14 aliphatic rings. The van der Waals surface area contributed by atoms with Crippen LogP contribution in [0, 0.1) is 235 Å². The normalized spacial score (nSPS) is 40.5. The molecule has 0 radical (unpaired) electrons. The summed E-state index contributed by atoms with van der Waals surface area (Å²) in [5.41, 5.74) is 2.59. The summed E-state index contributed by atoms with van der Waals surface area (Å²) in [5, 5.41) is 6.00. The maximum absolute atomic E-state index is 2.55. The summed E-state index contributed by atoms with van der Waals surface area (Å²) in [4.78, 5) is 0. The second-order valence-electron chi connectivity index (χ2n) is 50.5. The summed E-state index contributed by atoms with van der Waals surface area (Å²) >= 11 is 13.9. The van der Waals surface area contributed by atoms with Crippen LogP contribution in [0.15, 0.2) is 0 Å². The van der Waals surface area contributed by atoms with Crippen molar-refractivity contribution in [3.05, 3.63) is 0 Å². The highest BCUT2D eigenvalue weighted by Crippen LogP contribution is 2.73. The molecule has 0 aromatic heterocycles. The quantitative estimate of drug-likeness (QED) is 0.0557. The fourth-order valence-electron chi connectivity index (χ4n) is 34.2. The third-order valence-corrected chi connectivity index (χ3v) is 50.1. The molecule has 34 unspecified atom stereocenters. The van der Waals surface area contributed by atoms with Crippen LogP contribution in [0.2, 0.25) is 0 Å². The first kappa shape index (κ1) is 108. The van der Waals surface area contributed by atoms with Crippen molar-refractivity contribution < 1.29 is 0 Å². The Morgan fingerprint density at radius 3 is 0.844 bits per heavy atom. The number of hydrogen-bond acceptors (Lipinski definition) is 6. The Labute approximate surface area is 792 Å². The van der Waals surface area contributed by atoms with Gasteiger partial charge in [-0.15, -0.1) is 0 Å². The van der Waals surface area contributed by atoms with Crippen molar-refractivity contribution in [2.24, 2.45) is 235 Å². The van der Waals surface area contributed by atoms with Crippen LogP contribution in [0.5, 0.6) is 0 Å². The van der Waals surface area contributed by atoms with Crippen molar-refractivity contribution in [1.82, 2.24) is 0 Å². The molecule has 0 saturated heterocycles. The van der Waals surface area contributed by atoms with Gasteiger partial charge in [0.05, 0.1) is 0 Å². The summed E-state index contributed by atoms with van der Waals surface area (Å²) in [6.07, 6.45) is 44.5. The molecule has 0 aromatic rings. The highest BCUT2D eigenvalue weighted by Gasteiger charge is 2.66. The lowest BCUT2D eigenvalue weighted by atomic mass is 9.57. The Hall–Kier alpha value is 2.10. The first-order valence-electron chi connectivity index (χ1n) is 55.5. The smallest absolute Gasteiger partial charge is 0.00835 e. The summed E-state index contributed by atoms with van der Waals surface area (Å²) in [6, 6.07) is 0. The number of hydrogen-bond donors (Lipinski definition) is 0. The Morgan fingerprint density at radius 1 is 0.238 bits per heavy atom. The van der Waals surface area contributed by atoms with Crippen LogP contribution in [0.3, 0.4) is 0 Å². The summed E-state index contributed by atoms with van der Waals surface area (Å²) < 4.78 is 0. The molecule has 34 atom stereocenters. The van der Waals surface area contributed by atoms with Crippen LogP contribution in [0.1, 0.15) is 428 Å². The summed E-state index contributed by atoms with van der Waals surface area (Å²) in [7, 11) is 0. The molecular formula is C116H216S6. The lowest BCUT2D eigenvalue weighted by molar-refractivity contribution is 0.00723. The Morgan fingerprint density at radius 2 is 0.541 bits per heavy atom. The molecule has 14 rings (SSSR count). The van der Waals surface area contributed by atoms with E-state index in [0.29, 0.717) is 21.7 Å². The summed E-state index contributed by atoms with van der Waals surface area (Å²) in [5.74, 6) is 43.4. The van der Waals surface area contributed by atoms with Crippen LogP contribution in [0.4, 0.5) is 0 Å². The molecule has 0 aromatic carbocycles. The number of unbranched alkanes of at least 4 members (excludes halogenated alkanes) is 6. The number of thioether (sulfide) groups is 6. The van der Waals surface area contributed by atoms with Crippen molar-refractivity contribution in [2.75, 3.05) is 34.5 Å². The largest absolute Gasteiger partial charge is 0.158 e. The predicted octanol–water partition coefficient (Wildman–Crippen LogP) is 37.2. The van der Waals surface area contributed by atoms with E-state index in [1.165, 1.54) is 163 Å². The number of rotatable bonds is 40. The molecule has 14 fully saturated rings. The minimum Gasteiger partial charge on any atom is -0.158 e. The van der Waals surface area contributed by atoms with Gasteiger partial charge in [0.15, 0.2) is 0 Å². The molecule has 12 bridgehead atoms. The fraction of sp³-hybridized carbons (Fsp3) is 1.00. The van der Waals surface area contributed by atoms with E-state index in [-0.39, 0.29) is 0 Å². The average Bonchev–Trinajstić information content (AvgIpc) is 1.49. The maximum Gasteiger partial charge on any atom is 0.00835 e. The van der Waals surface area contributed by atoms with Gasteiger partial charge in [-0.1, -0.05) is 274 Å². The van der Waals surface area contributed by atoms with Crippen LogP contribution in [-0.4, -0.2) is 66.0 Å². The molecule has 122 heavy (non-hydrogen) atoms. The van der Waals surface area contributed by atoms with Crippen LogP contribution in [0.25, 0.3) is 0 Å². The average molecular weight is 1800 g/mol. The van der Waals surface area contributed by atoms with E-state index in [2.05, 4.69) is 306 Å². The van der Waals surface area contributed by atoms with Gasteiger partial charge in [-0.05, 0) is 423 Å². The zero-order valence-electron chi connectivity index (χ0n) is 88.2. The van der Waals surface area contributed by atoms with Crippen molar-refractivity contribution in [1.29, 1.82) is 0 Å². The van der Waals surface area contributed by atoms with E-state index in [4.69, 9.17) is 0 Å². The van der Waals surface area contributed by atoms with E-state index in [1.54, 1.807) is 64.2 Å². The van der Waals surface area contributed by atoms with Gasteiger partial charge in [0.2, 0.25) is 0 Å². The van der Waals surface area contributed by atoms with Crippen molar-refractivity contribution in [3.63, 3.8) is 0 Å². The minimum atomic E-state index is 0.640. The first-order valence-corrected chi connectivity index (χ1v) is 61.8. The van der Waals surface area contributed by atoms with Crippen molar-refractivity contribution in [2.45, 2.75) is 460 Å². The molecule has 14 saturated carbocycles. The SMILES string of the molecule is CCCCSC1CC2CC1C(C(C)C)(C(C)C(C)C)C2.CCCCSC1CC2CC1C(C(C)C)(C(C)C(C)C)C2.CCCCSC1CC2CC1C1C2CC(C(C)C)C1C(C)C.CCCCSC1CC2CC1C1CC(C(C)C)C(C(C)C)C21.CCCCSC1CC2CC1CC2(C(C)C)C(C)C(C)C.CCCCSC1CC2CC1CC2(C(C)C)C(C)C(C)C. The van der Waals surface area contributed by atoms with E-state index < -0.39 is 0 Å². The Bertz CT molecular complexity index is 2790. The molecule has 0 aliphatic heterocycles. The standard InChI is InChI=1S/2C20H36S.4C19H36S/c1-6-7-8-21-18-10-14-9-17(18)20-16(14)11-15(12(2)3)19(20)13(4)5;1-6-7-8-21-18-10-14-9-16(18)17-11-15(12(2)3)19(13(4)5)20(14)17;2*1-7-8-9-20-18-11-17-10-16(18)12-19(17,14(4)5)15(6)13(2)3;2*1-7-8-9-20-18-11-16-10-17(18)19(12-16,14(4)5)15(6)13(2)3/h2*12-20H,6-11H2,1-5H3;4*13-18H,7-12H2,1-6H3. The van der Waals surface area contributed by atoms with Gasteiger partial charge in [0.25, 0.3) is 0 Å². The minimum absolute atomic E-state index is 0.640. The van der Waals surface area contributed by atoms with E-state index in [9.17, 15) is 0 Å². The lowest BCUT2D eigenvalue weighted by Gasteiger charge is -2.50. The molecule has 6 heteroatoms. The molecule has 0 N–H and O–H groups in total. The Kier molecular flexibility index (Phi) is 43.0. The second-order valence-corrected chi connectivity index (χ2v) is 58.6. The zero-order valence-corrected chi connectivity index (χ0v) is 93.1. The highest BCUT2D eigenvalue weighted by molar-refractivity contribution is 8.01. The lowest BCUT2D eigenvalue weighted by Crippen LogP contribution is -2.45. The molecule has 0 heterocycles. The monoisotopic (exact) mass is 1800 g/mol.